The standard InChI is InChI=1S/C13H14N2S/c1-9-5-3-4-6-11(9)8-12-14-10(2)7-13(16)15-12/h3-7H,8H2,1-2H3,(H,14,15,16). The molecule has 0 aliphatic rings. The summed E-state index contributed by atoms with van der Waals surface area (Å²) in [5.74, 6) is 0.930. The SMILES string of the molecule is Cc1cc(=S)nc(Cc2ccccc2C)[nH]1. The fraction of sp³-hybridized carbons (Fsp3) is 0.231. The summed E-state index contributed by atoms with van der Waals surface area (Å²) in [5.41, 5.74) is 3.62. The van der Waals surface area contributed by atoms with Gasteiger partial charge in [-0.3, -0.25) is 0 Å². The first-order chi connectivity index (χ1) is 7.65. The fourth-order valence-corrected chi connectivity index (χ4v) is 2.00. The van der Waals surface area contributed by atoms with Gasteiger partial charge in [0.1, 0.15) is 10.5 Å². The van der Waals surface area contributed by atoms with E-state index in [2.05, 4.69) is 29.0 Å². The molecule has 1 N–H and O–H groups in total. The van der Waals surface area contributed by atoms with Gasteiger partial charge in [0.05, 0.1) is 0 Å². The molecular weight excluding hydrogens is 216 g/mol. The highest BCUT2D eigenvalue weighted by Gasteiger charge is 2.01. The van der Waals surface area contributed by atoms with E-state index in [0.717, 1.165) is 17.9 Å². The summed E-state index contributed by atoms with van der Waals surface area (Å²) in [6, 6.07) is 10.2. The molecule has 0 amide bonds. The van der Waals surface area contributed by atoms with Gasteiger partial charge < -0.3 is 4.98 Å². The van der Waals surface area contributed by atoms with Gasteiger partial charge in [-0.2, -0.15) is 0 Å². The van der Waals surface area contributed by atoms with Crippen molar-refractivity contribution in [2.75, 3.05) is 0 Å². The number of aromatic nitrogens is 2. The van der Waals surface area contributed by atoms with Crippen LogP contribution in [0.2, 0.25) is 0 Å². The minimum Gasteiger partial charge on any atom is -0.347 e. The van der Waals surface area contributed by atoms with Gasteiger partial charge >= 0.3 is 0 Å². The van der Waals surface area contributed by atoms with Crippen molar-refractivity contribution in [3.05, 3.63) is 57.6 Å². The number of hydrogen-bond acceptors (Lipinski definition) is 2. The molecule has 0 fully saturated rings. The molecule has 1 aromatic heterocycles. The largest absolute Gasteiger partial charge is 0.347 e. The Labute approximate surface area is 100 Å². The van der Waals surface area contributed by atoms with Gasteiger partial charge in [0.15, 0.2) is 0 Å². The van der Waals surface area contributed by atoms with Crippen LogP contribution in [-0.2, 0) is 6.42 Å². The molecule has 0 radical (unpaired) electrons. The van der Waals surface area contributed by atoms with Crippen LogP contribution in [0.1, 0.15) is 22.6 Å². The average Bonchev–Trinajstić information content (AvgIpc) is 2.20. The molecule has 2 nitrogen and oxygen atoms in total. The van der Waals surface area contributed by atoms with Crippen LogP contribution in [0.3, 0.4) is 0 Å². The van der Waals surface area contributed by atoms with E-state index >= 15 is 0 Å². The van der Waals surface area contributed by atoms with Crippen LogP contribution >= 0.6 is 12.2 Å². The molecule has 16 heavy (non-hydrogen) atoms. The van der Waals surface area contributed by atoms with E-state index in [4.69, 9.17) is 12.2 Å². The van der Waals surface area contributed by atoms with Crippen molar-refractivity contribution in [1.29, 1.82) is 0 Å². The monoisotopic (exact) mass is 230 g/mol. The Morgan fingerprint density at radius 1 is 1.25 bits per heavy atom. The summed E-state index contributed by atoms with van der Waals surface area (Å²) in [6.07, 6.45) is 0.804. The van der Waals surface area contributed by atoms with E-state index in [1.54, 1.807) is 0 Å². The van der Waals surface area contributed by atoms with Gasteiger partial charge in [0.2, 0.25) is 0 Å². The van der Waals surface area contributed by atoms with Crippen LogP contribution < -0.4 is 0 Å². The maximum Gasteiger partial charge on any atom is 0.129 e. The van der Waals surface area contributed by atoms with E-state index in [0.29, 0.717) is 4.64 Å². The van der Waals surface area contributed by atoms with Crippen molar-refractivity contribution in [1.82, 2.24) is 9.97 Å². The molecule has 0 aliphatic heterocycles. The van der Waals surface area contributed by atoms with Crippen molar-refractivity contribution in [3.63, 3.8) is 0 Å². The van der Waals surface area contributed by atoms with Crippen LogP contribution in [0.4, 0.5) is 0 Å². The number of aromatic amines is 1. The third kappa shape index (κ3) is 2.55. The Morgan fingerprint density at radius 3 is 2.69 bits per heavy atom. The topological polar surface area (TPSA) is 28.7 Å². The Balaban J connectivity index is 2.34. The zero-order chi connectivity index (χ0) is 11.5. The van der Waals surface area contributed by atoms with Crippen molar-refractivity contribution in [2.45, 2.75) is 20.3 Å². The molecular formula is C13H14N2S. The molecule has 2 rings (SSSR count). The van der Waals surface area contributed by atoms with Gasteiger partial charge in [-0.05, 0) is 31.0 Å². The molecule has 82 valence electrons. The maximum atomic E-state index is 5.11. The van der Waals surface area contributed by atoms with E-state index in [9.17, 15) is 0 Å². The van der Waals surface area contributed by atoms with E-state index < -0.39 is 0 Å². The van der Waals surface area contributed by atoms with Crippen LogP contribution in [0.5, 0.6) is 0 Å². The molecule has 1 aromatic carbocycles. The number of benzene rings is 1. The number of rotatable bonds is 2. The summed E-state index contributed by atoms with van der Waals surface area (Å²) in [6.45, 7) is 4.11. The second-order valence-electron chi connectivity index (χ2n) is 3.95. The molecule has 0 aliphatic carbocycles. The predicted octanol–water partition coefficient (Wildman–Crippen LogP) is 3.35. The summed E-state index contributed by atoms with van der Waals surface area (Å²) in [7, 11) is 0. The number of H-pyrrole nitrogens is 1. The highest BCUT2D eigenvalue weighted by atomic mass is 32.1. The molecule has 0 spiro atoms. The molecule has 0 atom stereocenters. The lowest BCUT2D eigenvalue weighted by atomic mass is 10.1. The summed E-state index contributed by atoms with van der Waals surface area (Å²) in [4.78, 5) is 7.58. The molecule has 0 unspecified atom stereocenters. The fourth-order valence-electron chi connectivity index (χ4n) is 1.71. The third-order valence-corrected chi connectivity index (χ3v) is 2.75. The second-order valence-corrected chi connectivity index (χ2v) is 4.37. The molecule has 0 bridgehead atoms. The van der Waals surface area contributed by atoms with Gasteiger partial charge in [0.25, 0.3) is 0 Å². The van der Waals surface area contributed by atoms with E-state index in [1.165, 1.54) is 11.1 Å². The van der Waals surface area contributed by atoms with Crippen molar-refractivity contribution >= 4 is 12.2 Å². The first-order valence-electron chi connectivity index (χ1n) is 5.26. The number of aryl methyl sites for hydroxylation is 2. The van der Waals surface area contributed by atoms with Crippen molar-refractivity contribution in [3.8, 4) is 0 Å². The Morgan fingerprint density at radius 2 is 2.00 bits per heavy atom. The number of nitrogens with one attached hydrogen (secondary N) is 1. The van der Waals surface area contributed by atoms with Gasteiger partial charge in [0, 0.05) is 12.1 Å². The van der Waals surface area contributed by atoms with Crippen LogP contribution in [0, 0.1) is 18.5 Å². The first-order valence-corrected chi connectivity index (χ1v) is 5.67. The lowest BCUT2D eigenvalue weighted by Gasteiger charge is -2.05. The Kier molecular flexibility index (Phi) is 3.15. The highest BCUT2D eigenvalue weighted by Crippen LogP contribution is 2.11. The normalized spacial score (nSPS) is 10.4. The minimum atomic E-state index is 0.653. The third-order valence-electron chi connectivity index (χ3n) is 2.55. The lowest BCUT2D eigenvalue weighted by Crippen LogP contribution is -1.99. The molecule has 3 heteroatoms. The smallest absolute Gasteiger partial charge is 0.129 e. The average molecular weight is 230 g/mol. The molecule has 0 saturated heterocycles. The van der Waals surface area contributed by atoms with Crippen molar-refractivity contribution < 1.29 is 0 Å². The van der Waals surface area contributed by atoms with Gasteiger partial charge in [-0.1, -0.05) is 36.5 Å². The van der Waals surface area contributed by atoms with Crippen molar-refractivity contribution in [2.24, 2.45) is 0 Å². The van der Waals surface area contributed by atoms with Gasteiger partial charge in [-0.25, -0.2) is 4.98 Å². The zero-order valence-electron chi connectivity index (χ0n) is 9.45. The van der Waals surface area contributed by atoms with Crippen LogP contribution in [0.15, 0.2) is 30.3 Å². The van der Waals surface area contributed by atoms with Crippen LogP contribution in [-0.4, -0.2) is 9.97 Å². The first kappa shape index (κ1) is 11.0. The molecule has 0 saturated carbocycles. The Bertz CT molecular complexity index is 558. The van der Waals surface area contributed by atoms with E-state index in [1.807, 2.05) is 25.1 Å². The molecule has 1 heterocycles. The number of nitrogens with zero attached hydrogens (tertiary/aromatic N) is 1. The number of hydrogen-bond donors (Lipinski definition) is 1. The maximum absolute atomic E-state index is 5.11. The lowest BCUT2D eigenvalue weighted by molar-refractivity contribution is 0.929. The predicted molar refractivity (Wildman–Crippen MR) is 68.1 cm³/mol. The van der Waals surface area contributed by atoms with Crippen LogP contribution in [0.25, 0.3) is 0 Å². The highest BCUT2D eigenvalue weighted by molar-refractivity contribution is 7.71. The summed E-state index contributed by atoms with van der Waals surface area (Å²) < 4.78 is 0.653. The summed E-state index contributed by atoms with van der Waals surface area (Å²) in [5, 5.41) is 0. The quantitative estimate of drug-likeness (QED) is 0.801. The summed E-state index contributed by atoms with van der Waals surface area (Å²) >= 11 is 5.11. The Hall–Kier alpha value is -1.48. The van der Waals surface area contributed by atoms with E-state index in [-0.39, 0.29) is 0 Å². The minimum absolute atomic E-state index is 0.653. The van der Waals surface area contributed by atoms with Gasteiger partial charge in [-0.15, -0.1) is 0 Å². The zero-order valence-corrected chi connectivity index (χ0v) is 10.3. The second kappa shape index (κ2) is 4.58. The molecule has 2 aromatic rings.